The summed E-state index contributed by atoms with van der Waals surface area (Å²) in [5.41, 5.74) is 3.49. The van der Waals surface area contributed by atoms with E-state index in [9.17, 15) is 9.59 Å². The second kappa shape index (κ2) is 14.9. The fraction of sp³-hybridized carbons (Fsp3) is 0.121. The van der Waals surface area contributed by atoms with Gasteiger partial charge in [0.1, 0.15) is 0 Å². The number of aliphatic imine (C=N–C) groups is 1. The third-order valence-corrected chi connectivity index (χ3v) is 9.06. The largest absolute Gasteiger partial charge is 0.490 e. The molecule has 0 aromatic heterocycles. The minimum atomic E-state index is -0.345. The van der Waals surface area contributed by atoms with Crippen LogP contribution >= 0.6 is 69.2 Å². The zero-order valence-electron chi connectivity index (χ0n) is 23.9. The van der Waals surface area contributed by atoms with Crippen molar-refractivity contribution in [2.45, 2.75) is 13.8 Å². The number of rotatable bonds is 9. The number of amidine groups is 1. The van der Waals surface area contributed by atoms with Crippen LogP contribution in [-0.2, 0) is 9.59 Å². The molecule has 0 aliphatic carbocycles. The van der Waals surface area contributed by atoms with Gasteiger partial charge in [-0.05, 0) is 138 Å². The zero-order valence-corrected chi connectivity index (χ0v) is 29.2. The molecule has 4 aromatic carbocycles. The van der Waals surface area contributed by atoms with E-state index in [-0.39, 0.29) is 18.4 Å². The molecular weight excluding hydrogens is 768 g/mol. The average Bonchev–Trinajstić information content (AvgIpc) is 3.30. The highest BCUT2D eigenvalue weighted by Gasteiger charge is 2.35. The van der Waals surface area contributed by atoms with Gasteiger partial charge in [-0.25, -0.2) is 4.99 Å². The average molecular weight is 793 g/mol. The number of hydrogen-bond acceptors (Lipinski definition) is 6. The van der Waals surface area contributed by atoms with Crippen molar-refractivity contribution in [2.24, 2.45) is 4.99 Å². The lowest BCUT2D eigenvalue weighted by atomic mass is 10.1. The number of nitrogens with one attached hydrogen (secondary N) is 1. The summed E-state index contributed by atoms with van der Waals surface area (Å²) in [6.45, 7) is 3.88. The van der Waals surface area contributed by atoms with Gasteiger partial charge in [-0.2, -0.15) is 0 Å². The molecule has 0 atom stereocenters. The molecule has 0 unspecified atom stereocenters. The van der Waals surface area contributed by atoms with Crippen molar-refractivity contribution in [3.63, 3.8) is 0 Å². The summed E-state index contributed by atoms with van der Waals surface area (Å²) in [4.78, 5) is 33.2. The first-order chi connectivity index (χ1) is 21.6. The van der Waals surface area contributed by atoms with Crippen LogP contribution in [0.15, 0.2) is 88.8 Å². The van der Waals surface area contributed by atoms with Crippen molar-refractivity contribution in [1.29, 1.82) is 0 Å². The Kier molecular flexibility index (Phi) is 11.0. The number of thioether (sulfide) groups is 1. The second-order valence-corrected chi connectivity index (χ2v) is 13.1. The molecule has 5 rings (SSSR count). The quantitative estimate of drug-likeness (QED) is 0.135. The Bertz CT molecular complexity index is 1820. The highest BCUT2D eigenvalue weighted by Crippen LogP contribution is 2.40. The lowest BCUT2D eigenvalue weighted by Crippen LogP contribution is -2.28. The van der Waals surface area contributed by atoms with E-state index in [0.717, 1.165) is 5.56 Å². The number of aryl methyl sites for hydroxylation is 1. The summed E-state index contributed by atoms with van der Waals surface area (Å²) in [5, 5.41) is 4.98. The Morgan fingerprint density at radius 2 is 1.67 bits per heavy atom. The maximum Gasteiger partial charge on any atom is 0.271 e. The van der Waals surface area contributed by atoms with Crippen molar-refractivity contribution in [2.75, 3.05) is 23.4 Å². The predicted molar refractivity (Wildman–Crippen MR) is 194 cm³/mol. The standard InChI is InChI=1S/C33H25Cl3IN3O4S/c1-3-43-28-15-20(14-27(37)31(28)44-18-30(41)38-24-9-4-19(2)26(36)17-24)16-29-32(42)40(25-12-7-22(35)8-13-25)33(45-29)39-23-10-5-21(34)6-11-23/h4-17H,3,18H2,1-2H3,(H,38,41)/b29-16-,39-33?. The predicted octanol–water partition coefficient (Wildman–Crippen LogP) is 9.78. The number of benzene rings is 4. The Hall–Kier alpha value is -3.22. The maximum atomic E-state index is 13.8. The van der Waals surface area contributed by atoms with Crippen molar-refractivity contribution >= 4 is 109 Å². The van der Waals surface area contributed by atoms with Gasteiger partial charge >= 0.3 is 0 Å². The molecule has 0 radical (unpaired) electrons. The van der Waals surface area contributed by atoms with Gasteiger partial charge in [-0.3, -0.25) is 14.5 Å². The first-order valence-corrected chi connectivity index (χ1v) is 16.6. The number of amides is 2. The van der Waals surface area contributed by atoms with E-state index in [0.29, 0.717) is 69.4 Å². The fourth-order valence-electron chi connectivity index (χ4n) is 4.22. The Balaban J connectivity index is 1.41. The van der Waals surface area contributed by atoms with Crippen LogP contribution in [0.1, 0.15) is 18.1 Å². The molecule has 2 amide bonds. The molecule has 230 valence electrons. The molecule has 1 heterocycles. The zero-order chi connectivity index (χ0) is 32.1. The molecule has 1 aliphatic rings. The lowest BCUT2D eigenvalue weighted by molar-refractivity contribution is -0.118. The summed E-state index contributed by atoms with van der Waals surface area (Å²) in [5.74, 6) is 0.288. The van der Waals surface area contributed by atoms with Crippen LogP contribution in [-0.4, -0.2) is 30.2 Å². The van der Waals surface area contributed by atoms with E-state index in [4.69, 9.17) is 49.3 Å². The smallest absolute Gasteiger partial charge is 0.271 e. The van der Waals surface area contributed by atoms with Gasteiger partial charge in [0, 0.05) is 20.8 Å². The number of carbonyl (C=O) groups is 2. The van der Waals surface area contributed by atoms with E-state index in [1.807, 2.05) is 26.0 Å². The van der Waals surface area contributed by atoms with E-state index in [1.165, 1.54) is 11.8 Å². The van der Waals surface area contributed by atoms with Crippen LogP contribution in [0, 0.1) is 10.5 Å². The summed E-state index contributed by atoms with van der Waals surface area (Å²) < 4.78 is 12.5. The molecule has 0 bridgehead atoms. The summed E-state index contributed by atoms with van der Waals surface area (Å²) in [6, 6.07) is 23.0. The lowest BCUT2D eigenvalue weighted by Gasteiger charge is -2.16. The Morgan fingerprint density at radius 3 is 2.33 bits per heavy atom. The normalized spacial score (nSPS) is 14.7. The number of hydrogen-bond donors (Lipinski definition) is 1. The molecule has 1 N–H and O–H groups in total. The number of anilines is 2. The molecule has 45 heavy (non-hydrogen) atoms. The molecule has 12 heteroatoms. The van der Waals surface area contributed by atoms with Gasteiger partial charge in [0.25, 0.3) is 11.8 Å². The van der Waals surface area contributed by atoms with Crippen molar-refractivity contribution in [1.82, 2.24) is 0 Å². The fourth-order valence-corrected chi connectivity index (χ4v) is 6.44. The summed E-state index contributed by atoms with van der Waals surface area (Å²) in [6.07, 6.45) is 1.78. The van der Waals surface area contributed by atoms with E-state index < -0.39 is 0 Å². The Morgan fingerprint density at radius 1 is 0.978 bits per heavy atom. The maximum absolute atomic E-state index is 13.8. The first-order valence-electron chi connectivity index (χ1n) is 13.6. The minimum absolute atomic E-state index is 0.239. The SMILES string of the molecule is CCOc1cc(/C=C2\SC(=Nc3ccc(Cl)cc3)N(c3ccc(Cl)cc3)C2=O)cc(I)c1OCC(=O)Nc1ccc(C)c(Cl)c1. The monoisotopic (exact) mass is 791 g/mol. The molecule has 1 fully saturated rings. The van der Waals surface area contributed by atoms with Crippen LogP contribution < -0.4 is 19.7 Å². The molecule has 0 saturated carbocycles. The topological polar surface area (TPSA) is 80.2 Å². The van der Waals surface area contributed by atoms with Gasteiger partial charge in [-0.15, -0.1) is 0 Å². The molecule has 1 aliphatic heterocycles. The molecule has 1 saturated heterocycles. The third-order valence-electron chi connectivity index (χ3n) is 6.38. The van der Waals surface area contributed by atoms with Crippen LogP contribution in [0.25, 0.3) is 6.08 Å². The molecular formula is C33H25Cl3IN3O4S. The first kappa shape index (κ1) is 33.2. The van der Waals surface area contributed by atoms with Crippen LogP contribution in [0.4, 0.5) is 17.1 Å². The highest BCUT2D eigenvalue weighted by molar-refractivity contribution is 14.1. The van der Waals surface area contributed by atoms with Gasteiger partial charge in [-0.1, -0.05) is 40.9 Å². The van der Waals surface area contributed by atoms with Crippen LogP contribution in [0.2, 0.25) is 15.1 Å². The third kappa shape index (κ3) is 8.33. The summed E-state index contributed by atoms with van der Waals surface area (Å²) >= 11 is 21.7. The van der Waals surface area contributed by atoms with E-state index in [1.54, 1.807) is 77.7 Å². The summed E-state index contributed by atoms with van der Waals surface area (Å²) in [7, 11) is 0. The highest BCUT2D eigenvalue weighted by atomic mass is 127. The van der Waals surface area contributed by atoms with Gasteiger partial charge < -0.3 is 14.8 Å². The van der Waals surface area contributed by atoms with Crippen LogP contribution in [0.5, 0.6) is 11.5 Å². The molecule has 0 spiro atoms. The number of halogens is 4. The van der Waals surface area contributed by atoms with Crippen molar-refractivity contribution in [3.8, 4) is 11.5 Å². The van der Waals surface area contributed by atoms with Crippen LogP contribution in [0.3, 0.4) is 0 Å². The number of nitrogens with zero attached hydrogens (tertiary/aromatic N) is 2. The van der Waals surface area contributed by atoms with E-state index in [2.05, 4.69) is 27.9 Å². The molecule has 7 nitrogen and oxygen atoms in total. The Labute approximate surface area is 293 Å². The van der Waals surface area contributed by atoms with Crippen molar-refractivity contribution < 1.29 is 19.1 Å². The second-order valence-electron chi connectivity index (χ2n) is 9.66. The number of ether oxygens (including phenoxy) is 2. The van der Waals surface area contributed by atoms with Crippen molar-refractivity contribution in [3.05, 3.63) is 114 Å². The van der Waals surface area contributed by atoms with E-state index >= 15 is 0 Å². The van der Waals surface area contributed by atoms with Gasteiger partial charge in [0.2, 0.25) is 0 Å². The van der Waals surface area contributed by atoms with Gasteiger partial charge in [0.15, 0.2) is 23.3 Å². The number of carbonyl (C=O) groups excluding carboxylic acids is 2. The molecule has 4 aromatic rings. The van der Waals surface area contributed by atoms with Gasteiger partial charge in [0.05, 0.1) is 26.5 Å². The minimum Gasteiger partial charge on any atom is -0.490 e.